The molecule has 1 aromatic carbocycles. The molecule has 2 atom stereocenters. The summed E-state index contributed by atoms with van der Waals surface area (Å²) in [7, 11) is 3.87. The van der Waals surface area contributed by atoms with Crippen molar-refractivity contribution in [3.05, 3.63) is 33.4 Å². The van der Waals surface area contributed by atoms with Gasteiger partial charge in [0.25, 0.3) is 0 Å². The molecule has 2 heterocycles. The first kappa shape index (κ1) is 22.0. The predicted octanol–water partition coefficient (Wildman–Crippen LogP) is 2.67. The molecule has 6 nitrogen and oxygen atoms in total. The Morgan fingerprint density at radius 3 is 2.48 bits per heavy atom. The van der Waals surface area contributed by atoms with E-state index in [-0.39, 0.29) is 40.9 Å². The van der Waals surface area contributed by atoms with E-state index in [4.69, 9.17) is 0 Å². The molecule has 0 bridgehead atoms. The number of likely N-dealkylation sites (N-methyl/N-ethyl adjacent to an activating group) is 1. The molecule has 2 unspecified atom stereocenters. The number of rotatable bonds is 7. The highest BCUT2D eigenvalue weighted by Gasteiger charge is 2.49. The van der Waals surface area contributed by atoms with Crippen LogP contribution in [0.5, 0.6) is 0 Å². The van der Waals surface area contributed by atoms with Crippen molar-refractivity contribution < 1.29 is 9.59 Å². The van der Waals surface area contributed by atoms with Crippen LogP contribution in [0.15, 0.2) is 23.0 Å². The van der Waals surface area contributed by atoms with E-state index >= 15 is 0 Å². The van der Waals surface area contributed by atoms with Gasteiger partial charge in [0.15, 0.2) is 0 Å². The van der Waals surface area contributed by atoms with E-state index in [1.165, 1.54) is 21.8 Å². The number of aryl methyl sites for hydroxylation is 1. The second kappa shape index (κ2) is 8.98. The molecule has 29 heavy (non-hydrogen) atoms. The molecule has 2 aromatic rings. The van der Waals surface area contributed by atoms with Crippen molar-refractivity contribution in [1.82, 2.24) is 14.4 Å². The van der Waals surface area contributed by atoms with E-state index in [1.54, 1.807) is 11.6 Å². The molecule has 0 radical (unpaired) electrons. The predicted molar refractivity (Wildman–Crippen MR) is 118 cm³/mol. The molecular formula is C21H28ClN3O3S. The summed E-state index contributed by atoms with van der Waals surface area (Å²) >= 11 is 1.29. The maximum absolute atomic E-state index is 12.4. The number of fused-ring (bicyclic) bond motifs is 2. The van der Waals surface area contributed by atoms with Crippen LogP contribution in [0.3, 0.4) is 0 Å². The molecule has 2 aliphatic rings. The van der Waals surface area contributed by atoms with Gasteiger partial charge in [0.1, 0.15) is 0 Å². The van der Waals surface area contributed by atoms with Crippen LogP contribution in [0.25, 0.3) is 10.2 Å². The van der Waals surface area contributed by atoms with Crippen molar-refractivity contribution in [2.45, 2.75) is 32.1 Å². The molecule has 4 rings (SSSR count). The summed E-state index contributed by atoms with van der Waals surface area (Å²) in [5.41, 5.74) is 2.20. The lowest BCUT2D eigenvalue weighted by Crippen LogP contribution is -2.34. The van der Waals surface area contributed by atoms with Crippen LogP contribution in [0.4, 0.5) is 0 Å². The van der Waals surface area contributed by atoms with Gasteiger partial charge in [0, 0.05) is 20.1 Å². The number of aromatic nitrogens is 1. The van der Waals surface area contributed by atoms with Crippen molar-refractivity contribution in [3.63, 3.8) is 0 Å². The highest BCUT2D eigenvalue weighted by atomic mass is 35.5. The quantitative estimate of drug-likeness (QED) is 0.625. The molecule has 1 aliphatic heterocycles. The van der Waals surface area contributed by atoms with Crippen LogP contribution < -0.4 is 4.87 Å². The number of amides is 2. The minimum absolute atomic E-state index is 0. The summed E-state index contributed by atoms with van der Waals surface area (Å²) in [6.45, 7) is 2.30. The van der Waals surface area contributed by atoms with Gasteiger partial charge in [0.2, 0.25) is 11.8 Å². The van der Waals surface area contributed by atoms with E-state index in [1.807, 2.05) is 6.07 Å². The van der Waals surface area contributed by atoms with Crippen LogP contribution >= 0.6 is 23.7 Å². The molecule has 1 aliphatic carbocycles. The topological polar surface area (TPSA) is 62.6 Å². The summed E-state index contributed by atoms with van der Waals surface area (Å²) in [5, 5.41) is 0. The second-order valence-electron chi connectivity index (χ2n) is 8.11. The number of carbonyl (C=O) groups excluding carboxylic acids is 2. The zero-order valence-electron chi connectivity index (χ0n) is 16.9. The Hall–Kier alpha value is -1.70. The van der Waals surface area contributed by atoms with Gasteiger partial charge in [-0.15, -0.1) is 12.4 Å². The molecule has 0 spiro atoms. The van der Waals surface area contributed by atoms with Gasteiger partial charge >= 0.3 is 4.87 Å². The first-order valence-corrected chi connectivity index (χ1v) is 10.9. The first-order chi connectivity index (χ1) is 13.5. The number of likely N-dealkylation sites (tertiary alicyclic amines) is 1. The summed E-state index contributed by atoms with van der Waals surface area (Å²) in [4.78, 5) is 40.4. The summed E-state index contributed by atoms with van der Waals surface area (Å²) in [6.07, 6.45) is 4.49. The lowest BCUT2D eigenvalue weighted by molar-refractivity contribution is -0.140. The average Bonchev–Trinajstić information content (AvgIpc) is 3.33. The summed E-state index contributed by atoms with van der Waals surface area (Å²) < 4.78 is 2.72. The van der Waals surface area contributed by atoms with Crippen LogP contribution in [-0.2, 0) is 23.1 Å². The Kier molecular flexibility index (Phi) is 6.81. The summed E-state index contributed by atoms with van der Waals surface area (Å²) in [6, 6.07) is 6.21. The lowest BCUT2D eigenvalue weighted by atomic mass is 10.00. The molecule has 0 N–H and O–H groups in total. The van der Waals surface area contributed by atoms with Crippen molar-refractivity contribution in [2.75, 3.05) is 26.7 Å². The Balaban J connectivity index is 0.00000240. The molecule has 1 saturated carbocycles. The molecule has 1 aromatic heterocycles. The van der Waals surface area contributed by atoms with E-state index in [9.17, 15) is 14.4 Å². The van der Waals surface area contributed by atoms with Gasteiger partial charge in [-0.1, -0.05) is 23.8 Å². The fraction of sp³-hybridized carbons (Fsp3) is 0.571. The lowest BCUT2D eigenvalue weighted by Gasteiger charge is -2.20. The SMILES string of the molecule is CN(CCCN1C(=O)C2CCCC2C1=O)CCc1ccc2c(c1)sc(=O)n2C.Cl. The smallest absolute Gasteiger partial charge is 0.306 e. The molecule has 158 valence electrons. The van der Waals surface area contributed by atoms with Gasteiger partial charge < -0.3 is 9.47 Å². The Labute approximate surface area is 180 Å². The van der Waals surface area contributed by atoms with Crippen molar-refractivity contribution in [1.29, 1.82) is 0 Å². The van der Waals surface area contributed by atoms with Crippen LogP contribution in [0, 0.1) is 11.8 Å². The third-order valence-electron chi connectivity index (χ3n) is 6.24. The zero-order valence-corrected chi connectivity index (χ0v) is 18.6. The summed E-state index contributed by atoms with van der Waals surface area (Å²) in [5.74, 6) is 0.0540. The van der Waals surface area contributed by atoms with Gasteiger partial charge in [0.05, 0.1) is 22.1 Å². The fourth-order valence-corrected chi connectivity index (χ4v) is 5.49. The monoisotopic (exact) mass is 437 g/mol. The van der Waals surface area contributed by atoms with E-state index in [2.05, 4.69) is 24.1 Å². The van der Waals surface area contributed by atoms with Gasteiger partial charge in [-0.2, -0.15) is 0 Å². The Bertz CT molecular complexity index is 948. The van der Waals surface area contributed by atoms with E-state index in [0.29, 0.717) is 6.54 Å². The average molecular weight is 438 g/mol. The van der Waals surface area contributed by atoms with Crippen LogP contribution in [0.1, 0.15) is 31.2 Å². The third-order valence-corrected chi connectivity index (χ3v) is 7.24. The number of thiazole rings is 1. The standard InChI is InChI=1S/C21H27N3O3S.ClH/c1-22(10-4-11-24-19(25)15-5-3-6-16(15)20(24)26)12-9-14-7-8-17-18(13-14)28-21(27)23(17)2;/h7-8,13,15-16H,3-6,9-12H2,1-2H3;1H. The van der Waals surface area contributed by atoms with Crippen molar-refractivity contribution in [3.8, 4) is 0 Å². The Morgan fingerprint density at radius 1 is 1.10 bits per heavy atom. The van der Waals surface area contributed by atoms with Crippen molar-refractivity contribution in [2.24, 2.45) is 18.9 Å². The number of carbonyl (C=O) groups is 2. The first-order valence-electron chi connectivity index (χ1n) is 10.1. The molecule has 1 saturated heterocycles. The number of benzene rings is 1. The van der Waals surface area contributed by atoms with Gasteiger partial charge in [-0.05, 0) is 57.0 Å². The van der Waals surface area contributed by atoms with Crippen LogP contribution in [-0.4, -0.2) is 52.9 Å². The Morgan fingerprint density at radius 2 is 1.79 bits per heavy atom. The molecule has 2 fully saturated rings. The van der Waals surface area contributed by atoms with Crippen LogP contribution in [0.2, 0.25) is 0 Å². The third kappa shape index (κ3) is 4.27. The second-order valence-corrected chi connectivity index (χ2v) is 9.10. The maximum Gasteiger partial charge on any atom is 0.307 e. The largest absolute Gasteiger partial charge is 0.307 e. The highest BCUT2D eigenvalue weighted by Crippen LogP contribution is 2.39. The normalized spacial score (nSPS) is 21.3. The zero-order chi connectivity index (χ0) is 19.8. The number of halogens is 1. The molecule has 2 amide bonds. The minimum Gasteiger partial charge on any atom is -0.306 e. The molecule has 8 heteroatoms. The van der Waals surface area contributed by atoms with Gasteiger partial charge in [-0.3, -0.25) is 19.3 Å². The maximum atomic E-state index is 12.4. The number of hydrogen-bond donors (Lipinski definition) is 0. The number of hydrogen-bond acceptors (Lipinski definition) is 5. The van der Waals surface area contributed by atoms with Crippen molar-refractivity contribution >= 4 is 45.8 Å². The highest BCUT2D eigenvalue weighted by molar-refractivity contribution is 7.16. The van der Waals surface area contributed by atoms with Gasteiger partial charge in [-0.25, -0.2) is 0 Å². The minimum atomic E-state index is -0.0335. The number of nitrogens with zero attached hydrogens (tertiary/aromatic N) is 3. The molecular weight excluding hydrogens is 410 g/mol. The van der Waals surface area contributed by atoms with E-state index in [0.717, 1.165) is 55.4 Å². The number of imide groups is 1. The van der Waals surface area contributed by atoms with E-state index < -0.39 is 0 Å². The fourth-order valence-electron chi connectivity index (χ4n) is 4.54.